The van der Waals surface area contributed by atoms with Crippen molar-refractivity contribution in [2.75, 3.05) is 19.6 Å². The van der Waals surface area contributed by atoms with E-state index in [9.17, 15) is 26.4 Å². The molecule has 1 amide bonds. The molecule has 1 unspecified atom stereocenters. The van der Waals surface area contributed by atoms with Gasteiger partial charge in [0, 0.05) is 42.8 Å². The number of piperazine rings is 1. The number of alkyl halides is 3. The fourth-order valence-electron chi connectivity index (χ4n) is 3.77. The van der Waals surface area contributed by atoms with E-state index in [-0.39, 0.29) is 30.4 Å². The van der Waals surface area contributed by atoms with E-state index in [0.717, 1.165) is 29.7 Å². The van der Waals surface area contributed by atoms with Gasteiger partial charge in [0.15, 0.2) is 0 Å². The minimum Gasteiger partial charge on any atom is -0.333 e. The Balaban J connectivity index is 1.50. The van der Waals surface area contributed by atoms with E-state index in [1.165, 1.54) is 4.31 Å². The number of carbonyl (C=O) groups is 1. The number of fused-ring (bicyclic) bond motifs is 1. The van der Waals surface area contributed by atoms with Crippen LogP contribution in [0.3, 0.4) is 0 Å². The van der Waals surface area contributed by atoms with E-state index >= 15 is 0 Å². The van der Waals surface area contributed by atoms with Gasteiger partial charge in [-0.3, -0.25) is 9.78 Å². The van der Waals surface area contributed by atoms with Crippen molar-refractivity contribution in [1.29, 1.82) is 0 Å². The molecule has 2 aromatic carbocycles. The number of rotatable bonds is 3. The Morgan fingerprint density at radius 2 is 1.78 bits per heavy atom. The number of amides is 1. The lowest BCUT2D eigenvalue weighted by molar-refractivity contribution is -0.137. The van der Waals surface area contributed by atoms with Crippen LogP contribution in [0.4, 0.5) is 13.2 Å². The van der Waals surface area contributed by atoms with E-state index in [0.29, 0.717) is 11.1 Å². The average molecular weight is 463 g/mol. The molecule has 2 heterocycles. The van der Waals surface area contributed by atoms with Gasteiger partial charge in [0.05, 0.1) is 16.0 Å². The van der Waals surface area contributed by atoms with Crippen LogP contribution in [-0.4, -0.2) is 54.2 Å². The van der Waals surface area contributed by atoms with Gasteiger partial charge in [0.1, 0.15) is 0 Å². The molecular weight excluding hydrogens is 443 g/mol. The molecule has 1 aromatic heterocycles. The first-order valence-corrected chi connectivity index (χ1v) is 11.3. The molecule has 168 valence electrons. The van der Waals surface area contributed by atoms with Gasteiger partial charge in [0.2, 0.25) is 10.0 Å². The Labute approximate surface area is 183 Å². The predicted molar refractivity (Wildman–Crippen MR) is 112 cm³/mol. The van der Waals surface area contributed by atoms with Gasteiger partial charge in [-0.15, -0.1) is 0 Å². The number of hydrogen-bond donors (Lipinski definition) is 0. The maximum Gasteiger partial charge on any atom is 0.416 e. The fourth-order valence-corrected chi connectivity index (χ4v) is 5.29. The maximum absolute atomic E-state index is 13.0. The molecule has 0 bridgehead atoms. The monoisotopic (exact) mass is 463 g/mol. The zero-order valence-corrected chi connectivity index (χ0v) is 17.9. The van der Waals surface area contributed by atoms with Gasteiger partial charge in [0.25, 0.3) is 5.91 Å². The van der Waals surface area contributed by atoms with Crippen LogP contribution in [0.2, 0.25) is 0 Å². The molecule has 1 saturated heterocycles. The molecule has 4 rings (SSSR count). The van der Waals surface area contributed by atoms with Crippen LogP contribution in [0, 0.1) is 0 Å². The quantitative estimate of drug-likeness (QED) is 0.593. The summed E-state index contributed by atoms with van der Waals surface area (Å²) in [6.07, 6.45) is -2.90. The molecule has 0 N–H and O–H groups in total. The predicted octanol–water partition coefficient (Wildman–Crippen LogP) is 3.79. The van der Waals surface area contributed by atoms with Crippen LogP contribution in [0.1, 0.15) is 22.8 Å². The SMILES string of the molecule is CC1CN(S(=O)(=O)c2ccc(C(F)(F)F)cc2)CCN1C(=O)c1ccc2cccnc2c1. The molecule has 0 radical (unpaired) electrons. The second-order valence-electron chi connectivity index (χ2n) is 7.64. The summed E-state index contributed by atoms with van der Waals surface area (Å²) in [6, 6.07) is 11.9. The number of carbonyl (C=O) groups excluding carboxylic acids is 1. The van der Waals surface area contributed by atoms with Gasteiger partial charge in [-0.25, -0.2) is 8.42 Å². The van der Waals surface area contributed by atoms with Gasteiger partial charge < -0.3 is 4.90 Å². The highest BCUT2D eigenvalue weighted by Gasteiger charge is 2.35. The summed E-state index contributed by atoms with van der Waals surface area (Å²) in [7, 11) is -3.98. The molecule has 0 aliphatic carbocycles. The lowest BCUT2D eigenvalue weighted by Crippen LogP contribution is -2.55. The molecule has 6 nitrogen and oxygen atoms in total. The second kappa shape index (κ2) is 8.18. The molecule has 1 aliphatic heterocycles. The largest absolute Gasteiger partial charge is 0.416 e. The third-order valence-electron chi connectivity index (χ3n) is 5.52. The Morgan fingerprint density at radius 1 is 1.06 bits per heavy atom. The van der Waals surface area contributed by atoms with E-state index in [4.69, 9.17) is 0 Å². The van der Waals surface area contributed by atoms with Gasteiger partial charge in [-0.1, -0.05) is 12.1 Å². The number of aromatic nitrogens is 1. The summed E-state index contributed by atoms with van der Waals surface area (Å²) in [4.78, 5) is 18.7. The second-order valence-corrected chi connectivity index (χ2v) is 9.58. The van der Waals surface area contributed by atoms with Crippen LogP contribution in [0.15, 0.2) is 65.7 Å². The van der Waals surface area contributed by atoms with Gasteiger partial charge >= 0.3 is 6.18 Å². The smallest absolute Gasteiger partial charge is 0.333 e. The molecule has 1 fully saturated rings. The van der Waals surface area contributed by atoms with Crippen molar-refractivity contribution in [3.63, 3.8) is 0 Å². The minimum absolute atomic E-state index is 0.0426. The van der Waals surface area contributed by atoms with Crippen molar-refractivity contribution in [2.24, 2.45) is 0 Å². The van der Waals surface area contributed by atoms with Crippen LogP contribution in [-0.2, 0) is 16.2 Å². The zero-order chi connectivity index (χ0) is 23.1. The maximum atomic E-state index is 13.0. The summed E-state index contributed by atoms with van der Waals surface area (Å²) in [6.45, 7) is 2.00. The molecule has 10 heteroatoms. The zero-order valence-electron chi connectivity index (χ0n) is 17.1. The highest BCUT2D eigenvalue weighted by atomic mass is 32.2. The number of nitrogens with zero attached hydrogens (tertiary/aromatic N) is 3. The van der Waals surface area contributed by atoms with Crippen molar-refractivity contribution < 1.29 is 26.4 Å². The molecular formula is C22H20F3N3O3S. The highest BCUT2D eigenvalue weighted by molar-refractivity contribution is 7.89. The summed E-state index contributed by atoms with van der Waals surface area (Å²) in [5.74, 6) is -0.225. The van der Waals surface area contributed by atoms with Gasteiger partial charge in [-0.05, 0) is 49.4 Å². The van der Waals surface area contributed by atoms with Crippen LogP contribution in [0.5, 0.6) is 0 Å². The lowest BCUT2D eigenvalue weighted by atomic mass is 10.1. The summed E-state index contributed by atoms with van der Waals surface area (Å²) in [5.41, 5.74) is 0.238. The van der Waals surface area contributed by atoms with E-state index in [1.807, 2.05) is 18.2 Å². The van der Waals surface area contributed by atoms with Crippen molar-refractivity contribution in [3.05, 3.63) is 71.9 Å². The van der Waals surface area contributed by atoms with E-state index < -0.39 is 27.8 Å². The summed E-state index contributed by atoms with van der Waals surface area (Å²) >= 11 is 0. The Morgan fingerprint density at radius 3 is 2.44 bits per heavy atom. The first-order chi connectivity index (χ1) is 15.1. The van der Waals surface area contributed by atoms with Crippen molar-refractivity contribution >= 4 is 26.8 Å². The van der Waals surface area contributed by atoms with Crippen molar-refractivity contribution in [2.45, 2.75) is 24.0 Å². The van der Waals surface area contributed by atoms with Crippen LogP contribution >= 0.6 is 0 Å². The fraction of sp³-hybridized carbons (Fsp3) is 0.273. The number of hydrogen-bond acceptors (Lipinski definition) is 4. The number of pyridine rings is 1. The topological polar surface area (TPSA) is 70.6 Å². The van der Waals surface area contributed by atoms with Crippen LogP contribution < -0.4 is 0 Å². The highest BCUT2D eigenvalue weighted by Crippen LogP contribution is 2.30. The standard InChI is InChI=1S/C22H20F3N3O3S/c1-15-14-27(32(30,31)19-8-6-18(7-9-19)22(23,24)25)11-12-28(15)21(29)17-5-4-16-3-2-10-26-20(16)13-17/h2-10,13,15H,11-12,14H2,1H3. The number of sulfonamides is 1. The van der Waals surface area contributed by atoms with Crippen molar-refractivity contribution in [3.8, 4) is 0 Å². The molecule has 1 atom stereocenters. The Kier molecular flexibility index (Phi) is 5.68. The molecule has 0 saturated carbocycles. The van der Waals surface area contributed by atoms with E-state index in [2.05, 4.69) is 4.98 Å². The summed E-state index contributed by atoms with van der Waals surface area (Å²) in [5, 5.41) is 0.907. The molecule has 1 aliphatic rings. The molecule has 0 spiro atoms. The minimum atomic E-state index is -4.54. The number of benzene rings is 2. The van der Waals surface area contributed by atoms with Crippen molar-refractivity contribution in [1.82, 2.24) is 14.2 Å². The molecule has 32 heavy (non-hydrogen) atoms. The normalized spacial score (nSPS) is 18.1. The lowest BCUT2D eigenvalue weighted by Gasteiger charge is -2.39. The number of halogens is 3. The van der Waals surface area contributed by atoms with Gasteiger partial charge in [-0.2, -0.15) is 17.5 Å². The summed E-state index contributed by atoms with van der Waals surface area (Å²) < 4.78 is 65.3. The Hall–Kier alpha value is -2.98. The van der Waals surface area contributed by atoms with E-state index in [1.54, 1.807) is 30.2 Å². The first kappa shape index (κ1) is 22.2. The third-order valence-corrected chi connectivity index (χ3v) is 7.40. The molecule has 3 aromatic rings. The average Bonchev–Trinajstić information content (AvgIpc) is 2.77. The first-order valence-electron chi connectivity index (χ1n) is 9.90. The Bertz CT molecular complexity index is 1260. The van der Waals surface area contributed by atoms with Crippen LogP contribution in [0.25, 0.3) is 10.9 Å². The third kappa shape index (κ3) is 4.20.